The second-order valence-electron chi connectivity index (χ2n) is 6.31. The highest BCUT2D eigenvalue weighted by Crippen LogP contribution is 2.32. The van der Waals surface area contributed by atoms with E-state index in [0.717, 1.165) is 32.5 Å². The van der Waals surface area contributed by atoms with Crippen LogP contribution in [0.3, 0.4) is 0 Å². The summed E-state index contributed by atoms with van der Waals surface area (Å²) in [6, 6.07) is 4.76. The second-order valence-corrected chi connectivity index (χ2v) is 6.31. The number of benzene rings is 1. The van der Waals surface area contributed by atoms with Crippen LogP contribution in [0.2, 0.25) is 0 Å². The van der Waals surface area contributed by atoms with Gasteiger partial charge in [-0.3, -0.25) is 4.99 Å². The summed E-state index contributed by atoms with van der Waals surface area (Å²) in [4.78, 5) is 6.72. The van der Waals surface area contributed by atoms with Crippen LogP contribution >= 0.6 is 0 Å². The lowest BCUT2D eigenvalue weighted by atomic mass is 9.93. The molecule has 2 unspecified atom stereocenters. The second kappa shape index (κ2) is 5.68. The molecule has 2 aliphatic heterocycles. The van der Waals surface area contributed by atoms with E-state index < -0.39 is 0 Å². The van der Waals surface area contributed by atoms with Gasteiger partial charge in [0.05, 0.1) is 18.7 Å². The normalized spacial score (nSPS) is 25.5. The quantitative estimate of drug-likeness (QED) is 0.929. The number of guanidine groups is 1. The first-order valence-electron chi connectivity index (χ1n) is 7.82. The van der Waals surface area contributed by atoms with E-state index in [-0.39, 0.29) is 6.04 Å². The van der Waals surface area contributed by atoms with Gasteiger partial charge in [0.2, 0.25) is 0 Å². The molecule has 2 atom stereocenters. The van der Waals surface area contributed by atoms with Gasteiger partial charge in [-0.2, -0.15) is 0 Å². The zero-order valence-electron chi connectivity index (χ0n) is 13.2. The van der Waals surface area contributed by atoms with Crippen LogP contribution in [0.5, 0.6) is 0 Å². The van der Waals surface area contributed by atoms with Gasteiger partial charge in [-0.25, -0.2) is 0 Å². The van der Waals surface area contributed by atoms with Gasteiger partial charge < -0.3 is 15.4 Å². The topological polar surface area (TPSA) is 50.8 Å². The average molecular weight is 287 g/mol. The Hall–Kier alpha value is -1.55. The van der Waals surface area contributed by atoms with Crippen LogP contribution in [-0.4, -0.2) is 36.7 Å². The highest BCUT2D eigenvalue weighted by Gasteiger charge is 2.32. The first-order valence-corrected chi connectivity index (χ1v) is 7.82. The smallest absolute Gasteiger partial charge is 0.192 e. The first-order chi connectivity index (χ1) is 10.1. The minimum atomic E-state index is 0.259. The lowest BCUT2D eigenvalue weighted by Crippen LogP contribution is -2.41. The number of aryl methyl sites for hydroxylation is 3. The number of rotatable bonds is 3. The molecule has 1 aromatic carbocycles. The molecule has 0 saturated carbocycles. The molecule has 21 heavy (non-hydrogen) atoms. The Bertz CT molecular complexity index is 538. The Morgan fingerprint density at radius 2 is 2.00 bits per heavy atom. The molecule has 0 radical (unpaired) electrons. The predicted molar refractivity (Wildman–Crippen MR) is 85.6 cm³/mol. The molecule has 114 valence electrons. The van der Waals surface area contributed by atoms with E-state index in [2.05, 4.69) is 42.8 Å². The Balaban J connectivity index is 1.87. The lowest BCUT2D eigenvalue weighted by Gasteiger charge is -2.30. The Morgan fingerprint density at radius 3 is 2.62 bits per heavy atom. The molecule has 0 aromatic heterocycles. The minimum absolute atomic E-state index is 0.259. The Labute approximate surface area is 127 Å². The monoisotopic (exact) mass is 287 g/mol. The van der Waals surface area contributed by atoms with Gasteiger partial charge in [-0.1, -0.05) is 17.7 Å². The fraction of sp³-hybridized carbons (Fsp3) is 0.588. The summed E-state index contributed by atoms with van der Waals surface area (Å²) >= 11 is 0. The number of nitrogens with zero attached hydrogens (tertiary/aromatic N) is 2. The van der Waals surface area contributed by atoms with E-state index in [4.69, 9.17) is 10.5 Å². The van der Waals surface area contributed by atoms with Crippen molar-refractivity contribution in [1.29, 1.82) is 0 Å². The summed E-state index contributed by atoms with van der Waals surface area (Å²) in [6.07, 6.45) is 2.58. The van der Waals surface area contributed by atoms with Crippen LogP contribution < -0.4 is 5.73 Å². The van der Waals surface area contributed by atoms with Crippen molar-refractivity contribution >= 4 is 5.96 Å². The fourth-order valence-electron chi connectivity index (χ4n) is 3.72. The van der Waals surface area contributed by atoms with Crippen molar-refractivity contribution in [2.45, 2.75) is 45.8 Å². The van der Waals surface area contributed by atoms with Crippen molar-refractivity contribution < 1.29 is 4.74 Å². The third-order valence-electron chi connectivity index (χ3n) is 4.59. The number of nitrogens with two attached hydrogens (primary N) is 1. The van der Waals surface area contributed by atoms with Crippen molar-refractivity contribution in [3.63, 3.8) is 0 Å². The minimum Gasteiger partial charge on any atom is -0.376 e. The summed E-state index contributed by atoms with van der Waals surface area (Å²) in [5.41, 5.74) is 11.5. The number of ether oxygens (including phenoxy) is 1. The SMILES string of the molecule is Cc1cc(C)c(C2CN=C(N)N2CC2CCCO2)c(C)c1. The van der Waals surface area contributed by atoms with E-state index in [9.17, 15) is 0 Å². The van der Waals surface area contributed by atoms with Crippen molar-refractivity contribution in [2.75, 3.05) is 19.7 Å². The molecule has 1 fully saturated rings. The summed E-state index contributed by atoms with van der Waals surface area (Å²) in [5.74, 6) is 0.662. The lowest BCUT2D eigenvalue weighted by molar-refractivity contribution is 0.0851. The van der Waals surface area contributed by atoms with E-state index in [0.29, 0.717) is 12.1 Å². The Morgan fingerprint density at radius 1 is 1.29 bits per heavy atom. The summed E-state index contributed by atoms with van der Waals surface area (Å²) in [7, 11) is 0. The molecule has 2 aliphatic rings. The van der Waals surface area contributed by atoms with Gasteiger partial charge in [0, 0.05) is 13.2 Å². The van der Waals surface area contributed by atoms with Gasteiger partial charge in [0.25, 0.3) is 0 Å². The van der Waals surface area contributed by atoms with Gasteiger partial charge >= 0.3 is 0 Å². The maximum Gasteiger partial charge on any atom is 0.192 e. The molecule has 2 heterocycles. The summed E-state index contributed by atoms with van der Waals surface area (Å²) < 4.78 is 5.77. The van der Waals surface area contributed by atoms with Gasteiger partial charge in [0.15, 0.2) is 5.96 Å². The van der Waals surface area contributed by atoms with Gasteiger partial charge in [-0.15, -0.1) is 0 Å². The molecular weight excluding hydrogens is 262 g/mol. The molecule has 1 aromatic rings. The van der Waals surface area contributed by atoms with Crippen LogP contribution in [0.4, 0.5) is 0 Å². The maximum absolute atomic E-state index is 6.14. The van der Waals surface area contributed by atoms with Crippen molar-refractivity contribution in [3.05, 3.63) is 34.4 Å². The number of aliphatic imine (C=N–C) groups is 1. The largest absolute Gasteiger partial charge is 0.376 e. The highest BCUT2D eigenvalue weighted by atomic mass is 16.5. The molecule has 0 spiro atoms. The van der Waals surface area contributed by atoms with Gasteiger partial charge in [-0.05, 0) is 50.3 Å². The van der Waals surface area contributed by atoms with E-state index in [1.165, 1.54) is 22.3 Å². The van der Waals surface area contributed by atoms with E-state index >= 15 is 0 Å². The fourth-order valence-corrected chi connectivity index (χ4v) is 3.72. The van der Waals surface area contributed by atoms with Crippen molar-refractivity contribution in [2.24, 2.45) is 10.7 Å². The highest BCUT2D eigenvalue weighted by molar-refractivity contribution is 5.80. The summed E-state index contributed by atoms with van der Waals surface area (Å²) in [5, 5.41) is 0. The molecule has 4 heteroatoms. The number of hydrogen-bond acceptors (Lipinski definition) is 4. The van der Waals surface area contributed by atoms with Gasteiger partial charge in [0.1, 0.15) is 0 Å². The van der Waals surface area contributed by atoms with Crippen molar-refractivity contribution in [1.82, 2.24) is 4.90 Å². The molecule has 0 aliphatic carbocycles. The van der Waals surface area contributed by atoms with E-state index in [1.54, 1.807) is 0 Å². The third kappa shape index (κ3) is 2.77. The first kappa shape index (κ1) is 14.4. The molecular formula is C17H25N3O. The van der Waals surface area contributed by atoms with Crippen LogP contribution in [0.1, 0.15) is 41.1 Å². The Kier molecular flexibility index (Phi) is 3.89. The molecule has 1 saturated heterocycles. The molecule has 3 rings (SSSR count). The number of hydrogen-bond donors (Lipinski definition) is 1. The zero-order chi connectivity index (χ0) is 15.0. The third-order valence-corrected chi connectivity index (χ3v) is 4.59. The van der Waals surface area contributed by atoms with E-state index in [1.807, 2.05) is 0 Å². The summed E-state index contributed by atoms with van der Waals surface area (Å²) in [6.45, 7) is 9.01. The van der Waals surface area contributed by atoms with Crippen LogP contribution in [-0.2, 0) is 4.74 Å². The van der Waals surface area contributed by atoms with Crippen LogP contribution in [0, 0.1) is 20.8 Å². The average Bonchev–Trinajstić information content (AvgIpc) is 3.02. The molecule has 0 amide bonds. The van der Waals surface area contributed by atoms with Crippen LogP contribution in [0.25, 0.3) is 0 Å². The molecule has 0 bridgehead atoms. The predicted octanol–water partition coefficient (Wildman–Crippen LogP) is 2.46. The van der Waals surface area contributed by atoms with Crippen molar-refractivity contribution in [3.8, 4) is 0 Å². The zero-order valence-corrected chi connectivity index (χ0v) is 13.2. The van der Waals surface area contributed by atoms with Crippen LogP contribution in [0.15, 0.2) is 17.1 Å². The molecule has 2 N–H and O–H groups in total. The standard InChI is InChI=1S/C17H25N3O/c1-11-7-12(2)16(13(3)8-11)15-9-19-17(18)20(15)10-14-5-4-6-21-14/h7-8,14-15H,4-6,9-10H2,1-3H3,(H2,18,19). The molecule has 4 nitrogen and oxygen atoms in total. The maximum atomic E-state index is 6.14.